The van der Waals surface area contributed by atoms with Gasteiger partial charge >= 0.3 is 0 Å². The minimum Gasteiger partial charge on any atom is -0.457 e. The molecule has 24 heavy (non-hydrogen) atoms. The molecule has 0 fully saturated rings. The van der Waals surface area contributed by atoms with Crippen LogP contribution in [-0.4, -0.2) is 0 Å². The third kappa shape index (κ3) is 3.31. The number of hydrogen-bond acceptors (Lipinski definition) is 1. The van der Waals surface area contributed by atoms with E-state index in [-0.39, 0.29) is 0 Å². The molecule has 0 aliphatic heterocycles. The van der Waals surface area contributed by atoms with Gasteiger partial charge < -0.3 is 4.74 Å². The normalized spacial score (nSPS) is 11.3. The molecule has 0 unspecified atom stereocenters. The first kappa shape index (κ1) is 15.8. The van der Waals surface area contributed by atoms with Crippen LogP contribution in [0.5, 0.6) is 11.5 Å². The number of aryl methyl sites for hydroxylation is 1. The summed E-state index contributed by atoms with van der Waals surface area (Å²) in [5, 5.41) is 2.44. The van der Waals surface area contributed by atoms with Gasteiger partial charge in [-0.25, -0.2) is 0 Å². The molecular formula is C23H20O. The summed E-state index contributed by atoms with van der Waals surface area (Å²) in [6.07, 6.45) is 5.53. The zero-order valence-electron chi connectivity index (χ0n) is 13.8. The van der Waals surface area contributed by atoms with Gasteiger partial charge in [0.15, 0.2) is 0 Å². The highest BCUT2D eigenvalue weighted by Gasteiger charge is 2.04. The number of allylic oxidation sites excluding steroid dienone is 4. The number of benzene rings is 3. The van der Waals surface area contributed by atoms with E-state index in [4.69, 9.17) is 4.74 Å². The van der Waals surface area contributed by atoms with Crippen LogP contribution in [0.4, 0.5) is 0 Å². The van der Waals surface area contributed by atoms with Gasteiger partial charge in [0.2, 0.25) is 0 Å². The Balaban J connectivity index is 1.88. The third-order valence-electron chi connectivity index (χ3n) is 3.98. The second-order valence-corrected chi connectivity index (χ2v) is 5.65. The van der Waals surface area contributed by atoms with Crippen molar-refractivity contribution in [2.75, 3.05) is 0 Å². The Hall–Kier alpha value is -3.06. The fourth-order valence-corrected chi connectivity index (χ4v) is 2.79. The maximum Gasteiger partial charge on any atom is 0.128 e. The van der Waals surface area contributed by atoms with E-state index in [1.54, 1.807) is 6.08 Å². The molecule has 0 N–H and O–H groups in total. The minimum atomic E-state index is 0.815. The van der Waals surface area contributed by atoms with Crippen molar-refractivity contribution in [2.45, 2.75) is 6.92 Å². The topological polar surface area (TPSA) is 9.23 Å². The van der Waals surface area contributed by atoms with Crippen molar-refractivity contribution in [1.82, 2.24) is 0 Å². The van der Waals surface area contributed by atoms with Crippen LogP contribution in [-0.2, 0) is 0 Å². The van der Waals surface area contributed by atoms with Gasteiger partial charge in [0, 0.05) is 0 Å². The van der Waals surface area contributed by atoms with Crippen LogP contribution in [0.3, 0.4) is 0 Å². The fourth-order valence-electron chi connectivity index (χ4n) is 2.79. The van der Waals surface area contributed by atoms with Crippen LogP contribution in [0.2, 0.25) is 0 Å². The highest BCUT2D eigenvalue weighted by molar-refractivity contribution is 5.87. The summed E-state index contributed by atoms with van der Waals surface area (Å²) in [7, 11) is 0. The first-order chi connectivity index (χ1) is 11.7. The van der Waals surface area contributed by atoms with Crippen molar-refractivity contribution >= 4 is 16.3 Å². The molecule has 3 aromatic rings. The summed E-state index contributed by atoms with van der Waals surface area (Å²) in [4.78, 5) is 0. The zero-order valence-corrected chi connectivity index (χ0v) is 13.8. The van der Waals surface area contributed by atoms with Gasteiger partial charge in [0.1, 0.15) is 11.5 Å². The van der Waals surface area contributed by atoms with E-state index in [0.717, 1.165) is 22.6 Å². The van der Waals surface area contributed by atoms with Crippen LogP contribution in [0.25, 0.3) is 16.3 Å². The molecule has 0 saturated carbocycles. The highest BCUT2D eigenvalue weighted by Crippen LogP contribution is 2.29. The van der Waals surface area contributed by atoms with E-state index in [2.05, 4.69) is 50.4 Å². The zero-order chi connectivity index (χ0) is 16.9. The summed E-state index contributed by atoms with van der Waals surface area (Å²) < 4.78 is 6.03. The van der Waals surface area contributed by atoms with Crippen molar-refractivity contribution in [3.8, 4) is 11.5 Å². The quantitative estimate of drug-likeness (QED) is 0.476. The average molecular weight is 312 g/mol. The van der Waals surface area contributed by atoms with Crippen LogP contribution in [0.1, 0.15) is 11.1 Å². The molecule has 0 bridgehead atoms. The summed E-state index contributed by atoms with van der Waals surface area (Å²) >= 11 is 0. The largest absolute Gasteiger partial charge is 0.457 e. The van der Waals surface area contributed by atoms with Gasteiger partial charge in [-0.2, -0.15) is 0 Å². The summed E-state index contributed by atoms with van der Waals surface area (Å²) in [5.74, 6) is 1.67. The molecular weight excluding hydrogens is 292 g/mol. The van der Waals surface area contributed by atoms with Crippen molar-refractivity contribution in [2.24, 2.45) is 0 Å². The fraction of sp³-hybridized carbons (Fsp3) is 0.0435. The van der Waals surface area contributed by atoms with E-state index >= 15 is 0 Å². The molecule has 0 radical (unpaired) electrons. The molecule has 0 heterocycles. The molecule has 1 nitrogen and oxygen atoms in total. The maximum atomic E-state index is 6.03. The molecule has 0 aliphatic rings. The molecule has 1 heteroatoms. The second kappa shape index (κ2) is 7.01. The lowest BCUT2D eigenvalue weighted by Crippen LogP contribution is -1.88. The lowest BCUT2D eigenvalue weighted by Gasteiger charge is -2.10. The average Bonchev–Trinajstić information content (AvgIpc) is 2.60. The predicted molar refractivity (Wildman–Crippen MR) is 104 cm³/mol. The predicted octanol–water partition coefficient (Wildman–Crippen LogP) is 6.70. The maximum absolute atomic E-state index is 6.03. The Morgan fingerprint density at radius 1 is 0.917 bits per heavy atom. The molecule has 0 atom stereocenters. The molecule has 0 aliphatic carbocycles. The summed E-state index contributed by atoms with van der Waals surface area (Å²) in [6.45, 7) is 9.67. The standard InChI is InChI=1S/C23H20O/c1-4-8-18(5-2)19-11-13-21(14-12-19)24-22-15-17(3)23-10-7-6-9-20(23)16-22/h4-16H,1-2H2,3H3/b18-8+. The van der Waals surface area contributed by atoms with Gasteiger partial charge in [-0.15, -0.1) is 0 Å². The molecule has 0 aromatic heterocycles. The van der Waals surface area contributed by atoms with Crippen molar-refractivity contribution < 1.29 is 4.74 Å². The van der Waals surface area contributed by atoms with Crippen molar-refractivity contribution in [3.63, 3.8) is 0 Å². The van der Waals surface area contributed by atoms with E-state index in [9.17, 15) is 0 Å². The molecule has 118 valence electrons. The van der Waals surface area contributed by atoms with Crippen molar-refractivity contribution in [3.05, 3.63) is 103 Å². The second-order valence-electron chi connectivity index (χ2n) is 5.65. The Kier molecular flexibility index (Phi) is 4.62. The Morgan fingerprint density at radius 3 is 2.38 bits per heavy atom. The van der Waals surface area contributed by atoms with Crippen LogP contribution < -0.4 is 4.74 Å². The Bertz CT molecular complexity index is 914. The lowest BCUT2D eigenvalue weighted by atomic mass is 10.0. The van der Waals surface area contributed by atoms with Gasteiger partial charge in [-0.3, -0.25) is 0 Å². The van der Waals surface area contributed by atoms with E-state index in [0.29, 0.717) is 0 Å². The third-order valence-corrected chi connectivity index (χ3v) is 3.98. The molecule has 3 aromatic carbocycles. The molecule has 0 spiro atoms. The van der Waals surface area contributed by atoms with Crippen LogP contribution >= 0.6 is 0 Å². The number of fused-ring (bicyclic) bond motifs is 1. The van der Waals surface area contributed by atoms with E-state index in [1.807, 2.05) is 42.5 Å². The highest BCUT2D eigenvalue weighted by atomic mass is 16.5. The van der Waals surface area contributed by atoms with Crippen LogP contribution in [0, 0.1) is 6.92 Å². The lowest BCUT2D eigenvalue weighted by molar-refractivity contribution is 0.483. The molecule has 3 rings (SSSR count). The van der Waals surface area contributed by atoms with Gasteiger partial charge in [-0.05, 0) is 58.7 Å². The van der Waals surface area contributed by atoms with E-state index in [1.165, 1.54) is 16.3 Å². The van der Waals surface area contributed by atoms with Gasteiger partial charge in [0.05, 0.1) is 0 Å². The first-order valence-corrected chi connectivity index (χ1v) is 7.94. The number of ether oxygens (including phenoxy) is 1. The SMILES string of the molecule is C=C/C=C(\C=C)c1ccc(Oc2cc(C)c3ccccc3c2)cc1. The Labute approximate surface area is 143 Å². The molecule has 0 saturated heterocycles. The molecule has 0 amide bonds. The summed E-state index contributed by atoms with van der Waals surface area (Å²) in [5.41, 5.74) is 3.34. The first-order valence-electron chi connectivity index (χ1n) is 7.94. The minimum absolute atomic E-state index is 0.815. The number of hydrogen-bond donors (Lipinski definition) is 0. The number of rotatable bonds is 5. The van der Waals surface area contributed by atoms with Gasteiger partial charge in [-0.1, -0.05) is 67.8 Å². The smallest absolute Gasteiger partial charge is 0.128 e. The van der Waals surface area contributed by atoms with Crippen LogP contribution in [0.15, 0.2) is 92.0 Å². The Morgan fingerprint density at radius 2 is 1.67 bits per heavy atom. The van der Waals surface area contributed by atoms with E-state index < -0.39 is 0 Å². The summed E-state index contributed by atoms with van der Waals surface area (Å²) in [6, 6.07) is 20.5. The van der Waals surface area contributed by atoms with Crippen molar-refractivity contribution in [1.29, 1.82) is 0 Å². The van der Waals surface area contributed by atoms with Gasteiger partial charge in [0.25, 0.3) is 0 Å². The monoisotopic (exact) mass is 312 g/mol.